The highest BCUT2D eigenvalue weighted by Gasteiger charge is 2.24. The topological polar surface area (TPSA) is 76.5 Å². The first-order valence-corrected chi connectivity index (χ1v) is 10.3. The van der Waals surface area contributed by atoms with Crippen LogP contribution in [0.25, 0.3) is 5.69 Å². The van der Waals surface area contributed by atoms with E-state index in [0.29, 0.717) is 24.5 Å². The number of benzene rings is 1. The monoisotopic (exact) mass is 386 g/mol. The van der Waals surface area contributed by atoms with E-state index in [1.807, 2.05) is 40.9 Å². The van der Waals surface area contributed by atoms with E-state index in [4.69, 9.17) is 4.74 Å². The first-order valence-electron chi connectivity index (χ1n) is 9.11. The van der Waals surface area contributed by atoms with Gasteiger partial charge in [0.15, 0.2) is 0 Å². The molecule has 0 spiro atoms. The maximum Gasteiger partial charge on any atom is 0.253 e. The van der Waals surface area contributed by atoms with E-state index in [1.54, 1.807) is 17.1 Å². The molecule has 4 rings (SSSR count). The number of hydrogen-bond donors (Lipinski definition) is 1. The fraction of sp³-hybridized carbons (Fsp3) is 0.421. The second kappa shape index (κ2) is 8.14. The lowest BCUT2D eigenvalue weighted by molar-refractivity contribution is -0.119. The first kappa shape index (κ1) is 18.1. The number of anilines is 1. The summed E-state index contributed by atoms with van der Waals surface area (Å²) in [6.07, 6.45) is 4.15. The maximum atomic E-state index is 12.5. The van der Waals surface area contributed by atoms with Crippen LogP contribution in [-0.2, 0) is 9.53 Å². The first-order chi connectivity index (χ1) is 13.2. The van der Waals surface area contributed by atoms with Gasteiger partial charge in [-0.1, -0.05) is 0 Å². The van der Waals surface area contributed by atoms with Gasteiger partial charge in [0.25, 0.3) is 5.91 Å². The van der Waals surface area contributed by atoms with E-state index < -0.39 is 0 Å². The van der Waals surface area contributed by atoms with Gasteiger partial charge in [-0.05, 0) is 30.7 Å². The number of carbonyl (C=O) groups excluding carboxylic acids is 2. The molecule has 1 aromatic carbocycles. The van der Waals surface area contributed by atoms with Gasteiger partial charge >= 0.3 is 0 Å². The van der Waals surface area contributed by atoms with Gasteiger partial charge in [-0.3, -0.25) is 9.59 Å². The zero-order chi connectivity index (χ0) is 18.6. The zero-order valence-electron chi connectivity index (χ0n) is 15.0. The largest absolute Gasteiger partial charge is 0.381 e. The molecule has 2 saturated heterocycles. The smallest absolute Gasteiger partial charge is 0.253 e. The molecule has 2 amide bonds. The van der Waals surface area contributed by atoms with Crippen LogP contribution in [0.3, 0.4) is 0 Å². The predicted molar refractivity (Wildman–Crippen MR) is 104 cm³/mol. The number of ether oxygens (including phenoxy) is 1. The fourth-order valence-corrected chi connectivity index (χ4v) is 4.12. The van der Waals surface area contributed by atoms with Crippen molar-refractivity contribution in [3.05, 3.63) is 42.2 Å². The molecule has 7 nitrogen and oxygen atoms in total. The number of carbonyl (C=O) groups is 2. The van der Waals surface area contributed by atoms with Gasteiger partial charge in [-0.2, -0.15) is 16.9 Å². The van der Waals surface area contributed by atoms with Crippen molar-refractivity contribution in [1.82, 2.24) is 14.7 Å². The van der Waals surface area contributed by atoms with E-state index in [-0.39, 0.29) is 17.7 Å². The van der Waals surface area contributed by atoms with Crippen molar-refractivity contribution < 1.29 is 14.3 Å². The van der Waals surface area contributed by atoms with Gasteiger partial charge in [0.2, 0.25) is 5.91 Å². The van der Waals surface area contributed by atoms with Crippen LogP contribution in [0.1, 0.15) is 16.8 Å². The van der Waals surface area contributed by atoms with Gasteiger partial charge in [0.05, 0.1) is 36.3 Å². The standard InChI is InChI=1S/C19H22N4O3S/c24-18(15-5-8-26-13-15)21-16-11-20-23(12-16)17-3-1-14(2-4-17)19(25)22-6-9-27-10-7-22/h1-4,11-12,15H,5-10,13H2,(H,21,24)/t15-/m1/s1. The third-order valence-electron chi connectivity index (χ3n) is 4.83. The normalized spacial score (nSPS) is 19.9. The van der Waals surface area contributed by atoms with Crippen LogP contribution < -0.4 is 5.32 Å². The minimum Gasteiger partial charge on any atom is -0.381 e. The Hall–Kier alpha value is -2.32. The Labute approximate surface area is 162 Å². The Morgan fingerprint density at radius 2 is 1.96 bits per heavy atom. The molecule has 0 radical (unpaired) electrons. The Morgan fingerprint density at radius 1 is 1.19 bits per heavy atom. The number of thioether (sulfide) groups is 1. The van der Waals surface area contributed by atoms with E-state index in [2.05, 4.69) is 10.4 Å². The number of rotatable bonds is 4. The quantitative estimate of drug-likeness (QED) is 0.870. The molecule has 0 bridgehead atoms. The number of nitrogens with one attached hydrogen (secondary N) is 1. The van der Waals surface area contributed by atoms with Gasteiger partial charge in [-0.15, -0.1) is 0 Å². The summed E-state index contributed by atoms with van der Waals surface area (Å²) in [6, 6.07) is 7.40. The molecule has 2 fully saturated rings. The lowest BCUT2D eigenvalue weighted by atomic mass is 10.1. The third kappa shape index (κ3) is 4.17. The van der Waals surface area contributed by atoms with E-state index in [1.165, 1.54) is 0 Å². The summed E-state index contributed by atoms with van der Waals surface area (Å²) in [5, 5.41) is 7.18. The van der Waals surface area contributed by atoms with Gasteiger partial charge < -0.3 is 15.0 Å². The number of aromatic nitrogens is 2. The fourth-order valence-electron chi connectivity index (χ4n) is 3.22. The number of hydrogen-bond acceptors (Lipinski definition) is 5. The van der Waals surface area contributed by atoms with Gasteiger partial charge in [0, 0.05) is 36.8 Å². The molecule has 8 heteroatoms. The summed E-state index contributed by atoms with van der Waals surface area (Å²) in [6.45, 7) is 2.73. The van der Waals surface area contributed by atoms with Crippen LogP contribution in [0.2, 0.25) is 0 Å². The molecule has 1 N–H and O–H groups in total. The summed E-state index contributed by atoms with van der Waals surface area (Å²) >= 11 is 1.88. The SMILES string of the molecule is O=C(Nc1cnn(-c2ccc(C(=O)N3CCSCC3)cc2)c1)[C@@H]1CCOC1. The number of amides is 2. The van der Waals surface area contributed by atoms with Gasteiger partial charge in [-0.25, -0.2) is 4.68 Å². The van der Waals surface area contributed by atoms with E-state index >= 15 is 0 Å². The third-order valence-corrected chi connectivity index (χ3v) is 5.77. The summed E-state index contributed by atoms with van der Waals surface area (Å²) < 4.78 is 6.94. The van der Waals surface area contributed by atoms with Crippen molar-refractivity contribution in [3.63, 3.8) is 0 Å². The van der Waals surface area contributed by atoms with Crippen molar-refractivity contribution in [2.24, 2.45) is 5.92 Å². The Balaban J connectivity index is 1.41. The Bertz CT molecular complexity index is 809. The second-order valence-corrected chi connectivity index (χ2v) is 7.90. The Morgan fingerprint density at radius 3 is 2.67 bits per heavy atom. The summed E-state index contributed by atoms with van der Waals surface area (Å²) in [4.78, 5) is 26.6. The van der Waals surface area contributed by atoms with Crippen LogP contribution in [0.4, 0.5) is 5.69 Å². The van der Waals surface area contributed by atoms with Crippen molar-refractivity contribution in [2.45, 2.75) is 6.42 Å². The lowest BCUT2D eigenvalue weighted by Crippen LogP contribution is -2.37. The maximum absolute atomic E-state index is 12.5. The summed E-state index contributed by atoms with van der Waals surface area (Å²) in [5.41, 5.74) is 2.18. The molecule has 0 aliphatic carbocycles. The second-order valence-electron chi connectivity index (χ2n) is 6.67. The van der Waals surface area contributed by atoms with Crippen molar-refractivity contribution >= 4 is 29.3 Å². The molecule has 2 aliphatic heterocycles. The highest BCUT2D eigenvalue weighted by Crippen LogP contribution is 2.18. The minimum absolute atomic E-state index is 0.0345. The number of nitrogens with zero attached hydrogens (tertiary/aromatic N) is 3. The molecule has 3 heterocycles. The van der Waals surface area contributed by atoms with Crippen LogP contribution in [0, 0.1) is 5.92 Å². The molecule has 2 aromatic rings. The Kier molecular flexibility index (Phi) is 5.45. The molecular formula is C19H22N4O3S. The van der Waals surface area contributed by atoms with E-state index in [9.17, 15) is 9.59 Å². The molecule has 142 valence electrons. The van der Waals surface area contributed by atoms with Crippen LogP contribution in [0.15, 0.2) is 36.7 Å². The molecule has 27 heavy (non-hydrogen) atoms. The molecule has 0 saturated carbocycles. The molecule has 1 atom stereocenters. The highest BCUT2D eigenvalue weighted by atomic mass is 32.2. The molecule has 2 aliphatic rings. The molecule has 1 aromatic heterocycles. The van der Waals surface area contributed by atoms with Crippen LogP contribution >= 0.6 is 11.8 Å². The lowest BCUT2D eigenvalue weighted by Gasteiger charge is -2.26. The van der Waals surface area contributed by atoms with Crippen molar-refractivity contribution in [1.29, 1.82) is 0 Å². The van der Waals surface area contributed by atoms with Gasteiger partial charge in [0.1, 0.15) is 0 Å². The van der Waals surface area contributed by atoms with Crippen LogP contribution in [-0.4, -0.2) is 64.3 Å². The van der Waals surface area contributed by atoms with Crippen molar-refractivity contribution in [3.8, 4) is 5.69 Å². The van der Waals surface area contributed by atoms with E-state index in [0.717, 1.165) is 36.7 Å². The average molecular weight is 386 g/mol. The summed E-state index contributed by atoms with van der Waals surface area (Å²) in [7, 11) is 0. The molecule has 0 unspecified atom stereocenters. The zero-order valence-corrected chi connectivity index (χ0v) is 15.8. The summed E-state index contributed by atoms with van der Waals surface area (Å²) in [5.74, 6) is 1.95. The van der Waals surface area contributed by atoms with Crippen molar-refractivity contribution in [2.75, 3.05) is 43.1 Å². The predicted octanol–water partition coefficient (Wildman–Crippen LogP) is 2.04. The average Bonchev–Trinajstić information content (AvgIpc) is 3.40. The molecular weight excluding hydrogens is 364 g/mol. The highest BCUT2D eigenvalue weighted by molar-refractivity contribution is 7.99. The minimum atomic E-state index is -0.0909. The van der Waals surface area contributed by atoms with Crippen LogP contribution in [0.5, 0.6) is 0 Å².